The molecule has 24 heavy (non-hydrogen) atoms. The highest BCUT2D eigenvalue weighted by molar-refractivity contribution is 5.75. The Balaban J connectivity index is 1.51. The van der Waals surface area contributed by atoms with Crippen molar-refractivity contribution in [2.24, 2.45) is 0 Å². The second-order valence-electron chi connectivity index (χ2n) is 7.37. The van der Waals surface area contributed by atoms with Gasteiger partial charge in [-0.05, 0) is 43.9 Å². The van der Waals surface area contributed by atoms with Gasteiger partial charge in [0.2, 0.25) is 0 Å². The molecule has 1 aromatic carbocycles. The van der Waals surface area contributed by atoms with Gasteiger partial charge in [0.15, 0.2) is 0 Å². The largest absolute Gasteiger partial charge is 0.326 e. The van der Waals surface area contributed by atoms with Crippen molar-refractivity contribution in [3.05, 3.63) is 34.5 Å². The number of aromatic amines is 1. The summed E-state index contributed by atoms with van der Waals surface area (Å²) in [5.74, 6) is -0.286. The van der Waals surface area contributed by atoms with E-state index in [1.165, 1.54) is 50.7 Å². The lowest BCUT2D eigenvalue weighted by atomic mass is 9.99. The molecule has 2 fully saturated rings. The number of benzene rings is 1. The second kappa shape index (κ2) is 6.71. The van der Waals surface area contributed by atoms with Crippen molar-refractivity contribution in [3.63, 3.8) is 0 Å². The summed E-state index contributed by atoms with van der Waals surface area (Å²) in [6.07, 6.45) is 10.1. The van der Waals surface area contributed by atoms with Crippen molar-refractivity contribution in [1.82, 2.24) is 14.5 Å². The average Bonchev–Trinajstić information content (AvgIpc) is 2.77. The molecule has 0 amide bonds. The summed E-state index contributed by atoms with van der Waals surface area (Å²) in [5, 5.41) is 0. The first kappa shape index (κ1) is 15.9. The number of imidazole rings is 1. The minimum atomic E-state index is -0.286. The Bertz CT molecular complexity index is 750. The van der Waals surface area contributed by atoms with E-state index in [2.05, 4.69) is 9.88 Å². The van der Waals surface area contributed by atoms with Crippen LogP contribution in [0.25, 0.3) is 11.0 Å². The molecule has 5 heteroatoms. The topological polar surface area (TPSA) is 41.0 Å². The molecule has 1 saturated heterocycles. The number of H-pyrrole nitrogens is 1. The molecule has 4 nitrogen and oxygen atoms in total. The minimum absolute atomic E-state index is 0.108. The Morgan fingerprint density at radius 3 is 2.38 bits per heavy atom. The van der Waals surface area contributed by atoms with E-state index in [1.54, 1.807) is 10.6 Å². The fourth-order valence-corrected chi connectivity index (χ4v) is 4.59. The highest BCUT2D eigenvalue weighted by Gasteiger charge is 2.28. The van der Waals surface area contributed by atoms with E-state index in [0.717, 1.165) is 37.5 Å². The number of likely N-dealkylation sites (tertiary alicyclic amines) is 1. The van der Waals surface area contributed by atoms with Crippen molar-refractivity contribution in [2.75, 3.05) is 13.1 Å². The van der Waals surface area contributed by atoms with Crippen molar-refractivity contribution in [1.29, 1.82) is 0 Å². The number of rotatable bonds is 2. The van der Waals surface area contributed by atoms with E-state index in [4.69, 9.17) is 0 Å². The van der Waals surface area contributed by atoms with E-state index in [1.807, 2.05) is 0 Å². The van der Waals surface area contributed by atoms with E-state index < -0.39 is 0 Å². The number of halogens is 1. The normalized spacial score (nSPS) is 22.0. The molecule has 1 aliphatic carbocycles. The van der Waals surface area contributed by atoms with Crippen LogP contribution in [0.4, 0.5) is 4.39 Å². The van der Waals surface area contributed by atoms with Gasteiger partial charge in [-0.1, -0.05) is 25.7 Å². The van der Waals surface area contributed by atoms with Crippen LogP contribution in [0.15, 0.2) is 23.0 Å². The van der Waals surface area contributed by atoms with Crippen LogP contribution in [0.5, 0.6) is 0 Å². The highest BCUT2D eigenvalue weighted by atomic mass is 19.1. The van der Waals surface area contributed by atoms with Crippen LogP contribution in [0.1, 0.15) is 57.4 Å². The van der Waals surface area contributed by atoms with Gasteiger partial charge < -0.3 is 9.88 Å². The fraction of sp³-hybridized carbons (Fsp3) is 0.632. The van der Waals surface area contributed by atoms with Crippen molar-refractivity contribution in [3.8, 4) is 0 Å². The molecule has 2 aromatic rings. The van der Waals surface area contributed by atoms with Gasteiger partial charge in [-0.25, -0.2) is 9.18 Å². The molecule has 0 atom stereocenters. The summed E-state index contributed by atoms with van der Waals surface area (Å²) in [7, 11) is 0. The Morgan fingerprint density at radius 1 is 0.958 bits per heavy atom. The van der Waals surface area contributed by atoms with Crippen LogP contribution < -0.4 is 5.69 Å². The Hall–Kier alpha value is -1.62. The minimum Gasteiger partial charge on any atom is -0.306 e. The van der Waals surface area contributed by atoms with Gasteiger partial charge in [0, 0.05) is 25.2 Å². The molecule has 0 spiro atoms. The van der Waals surface area contributed by atoms with Crippen LogP contribution >= 0.6 is 0 Å². The lowest BCUT2D eigenvalue weighted by Crippen LogP contribution is -2.42. The quantitative estimate of drug-likeness (QED) is 0.850. The van der Waals surface area contributed by atoms with Crippen LogP contribution in [-0.4, -0.2) is 33.6 Å². The first-order valence-corrected chi connectivity index (χ1v) is 9.36. The lowest BCUT2D eigenvalue weighted by molar-refractivity contribution is 0.124. The first-order valence-electron chi connectivity index (χ1n) is 9.36. The smallest absolute Gasteiger partial charge is 0.306 e. The number of piperidine rings is 1. The van der Waals surface area contributed by atoms with Crippen molar-refractivity contribution >= 4 is 11.0 Å². The number of hydrogen-bond donors (Lipinski definition) is 1. The van der Waals surface area contributed by atoms with Crippen molar-refractivity contribution in [2.45, 2.75) is 63.5 Å². The number of nitrogens with zero attached hydrogens (tertiary/aromatic N) is 2. The van der Waals surface area contributed by atoms with Crippen molar-refractivity contribution < 1.29 is 4.39 Å². The summed E-state index contributed by atoms with van der Waals surface area (Å²) in [6.45, 7) is 2.09. The Labute approximate surface area is 141 Å². The molecular formula is C19H26FN3O. The zero-order chi connectivity index (χ0) is 16.5. The van der Waals surface area contributed by atoms with Crippen LogP contribution in [-0.2, 0) is 0 Å². The molecule has 1 aromatic heterocycles. The van der Waals surface area contributed by atoms with Gasteiger partial charge in [0.25, 0.3) is 0 Å². The number of fused-ring (bicyclic) bond motifs is 1. The Kier molecular flexibility index (Phi) is 4.44. The summed E-state index contributed by atoms with van der Waals surface area (Å²) < 4.78 is 15.4. The summed E-state index contributed by atoms with van der Waals surface area (Å²) in [5.41, 5.74) is 1.32. The van der Waals surface area contributed by atoms with Crippen LogP contribution in [0.3, 0.4) is 0 Å². The summed E-state index contributed by atoms with van der Waals surface area (Å²) >= 11 is 0. The first-order chi connectivity index (χ1) is 11.7. The van der Waals surface area contributed by atoms with Gasteiger partial charge in [-0.2, -0.15) is 0 Å². The fourth-order valence-electron chi connectivity index (χ4n) is 4.59. The molecule has 4 rings (SSSR count). The average molecular weight is 331 g/mol. The highest BCUT2D eigenvalue weighted by Crippen LogP contribution is 2.29. The third-order valence-electron chi connectivity index (χ3n) is 5.89. The van der Waals surface area contributed by atoms with Gasteiger partial charge in [-0.15, -0.1) is 0 Å². The molecule has 0 radical (unpaired) electrons. The van der Waals surface area contributed by atoms with E-state index >= 15 is 0 Å². The number of nitrogens with one attached hydrogen (secondary N) is 1. The Morgan fingerprint density at radius 2 is 1.67 bits per heavy atom. The van der Waals surface area contributed by atoms with Gasteiger partial charge in [-0.3, -0.25) is 4.57 Å². The number of aromatic nitrogens is 2. The molecule has 1 aliphatic heterocycles. The van der Waals surface area contributed by atoms with Gasteiger partial charge in [0.05, 0.1) is 11.0 Å². The summed E-state index contributed by atoms with van der Waals surface area (Å²) in [6, 6.07) is 5.44. The molecule has 1 saturated carbocycles. The standard InChI is InChI=1S/C19H26FN3O/c20-14-7-8-17-18(13-14)23(19(24)21-17)16-9-11-22(12-10-16)15-5-3-1-2-4-6-15/h7-8,13,15-16H,1-6,9-12H2,(H,21,24). The van der Waals surface area contributed by atoms with Crippen LogP contribution in [0, 0.1) is 5.82 Å². The zero-order valence-corrected chi connectivity index (χ0v) is 14.1. The third-order valence-corrected chi connectivity index (χ3v) is 5.89. The van der Waals surface area contributed by atoms with E-state index in [0.29, 0.717) is 5.52 Å². The van der Waals surface area contributed by atoms with Gasteiger partial charge in [0.1, 0.15) is 5.82 Å². The second-order valence-corrected chi connectivity index (χ2v) is 7.37. The van der Waals surface area contributed by atoms with Gasteiger partial charge >= 0.3 is 5.69 Å². The zero-order valence-electron chi connectivity index (χ0n) is 14.1. The molecule has 2 aliphatic rings. The van der Waals surface area contributed by atoms with Crippen LogP contribution in [0.2, 0.25) is 0 Å². The molecule has 2 heterocycles. The number of hydrogen-bond acceptors (Lipinski definition) is 2. The lowest BCUT2D eigenvalue weighted by Gasteiger charge is -2.37. The van der Waals surface area contributed by atoms with E-state index in [9.17, 15) is 9.18 Å². The summed E-state index contributed by atoms with van der Waals surface area (Å²) in [4.78, 5) is 17.8. The molecule has 130 valence electrons. The molecule has 0 bridgehead atoms. The maximum atomic E-state index is 13.6. The SMILES string of the molecule is O=c1[nH]c2ccc(F)cc2n1C1CCN(C2CCCCCC2)CC1. The van der Waals surface area contributed by atoms with E-state index in [-0.39, 0.29) is 17.5 Å². The predicted molar refractivity (Wildman–Crippen MR) is 93.9 cm³/mol. The maximum Gasteiger partial charge on any atom is 0.326 e. The molecular weight excluding hydrogens is 305 g/mol. The predicted octanol–water partition coefficient (Wildman–Crippen LogP) is 3.83. The molecule has 1 N–H and O–H groups in total. The monoisotopic (exact) mass is 331 g/mol. The third kappa shape index (κ3) is 3.02. The molecule has 0 unspecified atom stereocenters. The maximum absolute atomic E-state index is 13.6.